The van der Waals surface area contributed by atoms with Gasteiger partial charge in [-0.3, -0.25) is 4.48 Å². The number of benzene rings is 4. The molecule has 0 spiro atoms. The molecule has 0 saturated heterocycles. The molecule has 0 amide bonds. The number of quaternary nitrogens is 1. The predicted octanol–water partition coefficient (Wildman–Crippen LogP) is 7.04. The third-order valence-corrected chi connectivity index (χ3v) is 8.09. The molecule has 0 aromatic heterocycles. The standard InChI is InChI=1S/C18H18N.C11H19NSi/c1-19(2,16-11-4-3-5-12-16)18-14-8-10-15-9-6-7-13-17(15)18;1-12(2)10-6-8-11(9-7-10)13(3,4)5/h3-14H,1-2H3;6-9H,1-5H3/q+1;. The van der Waals surface area contributed by atoms with Crippen LogP contribution >= 0.6 is 0 Å². The van der Waals surface area contributed by atoms with Crippen LogP contribution in [0.25, 0.3) is 10.8 Å². The van der Waals surface area contributed by atoms with Crippen LogP contribution in [-0.4, -0.2) is 36.3 Å². The molecular formula is C29H37N2Si+. The summed E-state index contributed by atoms with van der Waals surface area (Å²) in [5, 5.41) is 4.14. The molecule has 2 nitrogen and oxygen atoms in total. The molecular weight excluding hydrogens is 404 g/mol. The van der Waals surface area contributed by atoms with E-state index < -0.39 is 8.07 Å². The molecule has 0 N–H and O–H groups in total. The molecule has 4 rings (SSSR count). The lowest BCUT2D eigenvalue weighted by Gasteiger charge is -2.29. The summed E-state index contributed by atoms with van der Waals surface area (Å²) in [6.07, 6.45) is 0. The molecule has 0 fully saturated rings. The lowest BCUT2D eigenvalue weighted by Crippen LogP contribution is -2.37. The predicted molar refractivity (Wildman–Crippen MR) is 147 cm³/mol. The van der Waals surface area contributed by atoms with Gasteiger partial charge in [0.15, 0.2) is 0 Å². The zero-order valence-electron chi connectivity index (χ0n) is 20.6. The topological polar surface area (TPSA) is 3.24 Å². The van der Waals surface area contributed by atoms with Crippen molar-refractivity contribution < 1.29 is 0 Å². The van der Waals surface area contributed by atoms with E-state index in [1.54, 1.807) is 0 Å². The molecule has 0 unspecified atom stereocenters. The number of hydrogen-bond acceptors (Lipinski definition) is 1. The minimum Gasteiger partial charge on any atom is -0.378 e. The summed E-state index contributed by atoms with van der Waals surface area (Å²) in [7, 11) is 7.50. The Hall–Kier alpha value is -2.88. The highest BCUT2D eigenvalue weighted by molar-refractivity contribution is 6.88. The summed E-state index contributed by atoms with van der Waals surface area (Å²) in [6, 6.07) is 34.7. The first-order chi connectivity index (χ1) is 15.1. The third-order valence-electron chi connectivity index (χ3n) is 6.02. The van der Waals surface area contributed by atoms with Gasteiger partial charge in [-0.25, -0.2) is 0 Å². The van der Waals surface area contributed by atoms with Crippen LogP contribution in [0.2, 0.25) is 19.6 Å². The second-order valence-electron chi connectivity index (χ2n) is 9.98. The number of para-hydroxylation sites is 1. The Kier molecular flexibility index (Phi) is 7.22. The van der Waals surface area contributed by atoms with Crippen LogP contribution in [0.3, 0.4) is 0 Å². The van der Waals surface area contributed by atoms with Crippen molar-refractivity contribution in [2.24, 2.45) is 0 Å². The van der Waals surface area contributed by atoms with Gasteiger partial charge in [-0.2, -0.15) is 0 Å². The minimum absolute atomic E-state index is 0.752. The molecule has 0 aliphatic heterocycles. The van der Waals surface area contributed by atoms with Crippen molar-refractivity contribution in [3.63, 3.8) is 0 Å². The molecule has 0 heterocycles. The number of anilines is 1. The molecule has 0 atom stereocenters. The Balaban J connectivity index is 0.000000195. The Morgan fingerprint density at radius 2 is 1.19 bits per heavy atom. The molecule has 4 aromatic carbocycles. The number of fused-ring (bicyclic) bond motifs is 1. The van der Waals surface area contributed by atoms with E-state index in [4.69, 9.17) is 0 Å². The largest absolute Gasteiger partial charge is 0.378 e. The van der Waals surface area contributed by atoms with Crippen molar-refractivity contribution in [1.29, 1.82) is 0 Å². The fourth-order valence-electron chi connectivity index (χ4n) is 3.90. The Morgan fingerprint density at radius 3 is 1.78 bits per heavy atom. The summed E-state index contributed by atoms with van der Waals surface area (Å²) in [5.74, 6) is 0. The average Bonchev–Trinajstić information content (AvgIpc) is 2.79. The van der Waals surface area contributed by atoms with Crippen LogP contribution in [0.15, 0.2) is 97.1 Å². The molecule has 0 radical (unpaired) electrons. The summed E-state index contributed by atoms with van der Waals surface area (Å²) in [5.41, 5.74) is 3.89. The third kappa shape index (κ3) is 5.48. The van der Waals surface area contributed by atoms with E-state index >= 15 is 0 Å². The van der Waals surface area contributed by atoms with Gasteiger partial charge in [-0.15, -0.1) is 0 Å². The highest BCUT2D eigenvalue weighted by Crippen LogP contribution is 2.35. The van der Waals surface area contributed by atoms with Gasteiger partial charge in [0.05, 0.1) is 22.2 Å². The lowest BCUT2D eigenvalue weighted by atomic mass is 10.1. The van der Waals surface area contributed by atoms with E-state index in [0.717, 1.165) is 4.48 Å². The van der Waals surface area contributed by atoms with E-state index in [1.807, 2.05) is 0 Å². The van der Waals surface area contributed by atoms with Gasteiger partial charge in [-0.1, -0.05) is 85.5 Å². The summed E-state index contributed by atoms with van der Waals surface area (Å²) < 4.78 is 0.752. The average molecular weight is 442 g/mol. The second-order valence-corrected chi connectivity index (χ2v) is 15.1. The van der Waals surface area contributed by atoms with Crippen LogP contribution in [0.5, 0.6) is 0 Å². The highest BCUT2D eigenvalue weighted by atomic mass is 28.3. The van der Waals surface area contributed by atoms with Crippen molar-refractivity contribution in [3.8, 4) is 0 Å². The van der Waals surface area contributed by atoms with Crippen molar-refractivity contribution >= 4 is 41.1 Å². The quantitative estimate of drug-likeness (QED) is 0.242. The van der Waals surface area contributed by atoms with E-state index in [2.05, 4.69) is 150 Å². The first kappa shape index (κ1) is 23.8. The van der Waals surface area contributed by atoms with Crippen LogP contribution in [0.4, 0.5) is 17.1 Å². The summed E-state index contributed by atoms with van der Waals surface area (Å²) in [6.45, 7) is 7.12. The number of nitrogens with zero attached hydrogens (tertiary/aromatic N) is 2. The highest BCUT2D eigenvalue weighted by Gasteiger charge is 2.24. The van der Waals surface area contributed by atoms with E-state index in [-0.39, 0.29) is 0 Å². The number of rotatable bonds is 4. The van der Waals surface area contributed by atoms with E-state index in [9.17, 15) is 0 Å². The van der Waals surface area contributed by atoms with Crippen LogP contribution < -0.4 is 14.6 Å². The van der Waals surface area contributed by atoms with Gasteiger partial charge in [0.1, 0.15) is 11.4 Å². The maximum Gasteiger partial charge on any atom is 0.145 e. The van der Waals surface area contributed by atoms with Crippen molar-refractivity contribution in [1.82, 2.24) is 4.48 Å². The van der Waals surface area contributed by atoms with Crippen LogP contribution in [0, 0.1) is 0 Å². The second kappa shape index (κ2) is 9.72. The van der Waals surface area contributed by atoms with Crippen molar-refractivity contribution in [3.05, 3.63) is 97.1 Å². The van der Waals surface area contributed by atoms with E-state index in [0.29, 0.717) is 0 Å². The molecule has 4 aromatic rings. The molecule has 0 saturated carbocycles. The van der Waals surface area contributed by atoms with Crippen LogP contribution in [-0.2, 0) is 0 Å². The molecule has 166 valence electrons. The maximum absolute atomic E-state index is 2.37. The fourth-order valence-corrected chi connectivity index (χ4v) is 5.06. The Bertz CT molecular complexity index is 1140. The van der Waals surface area contributed by atoms with Crippen LogP contribution in [0.1, 0.15) is 0 Å². The smallest absolute Gasteiger partial charge is 0.145 e. The van der Waals surface area contributed by atoms with E-state index in [1.165, 1.54) is 33.0 Å². The molecule has 3 heteroatoms. The number of hydrogen-bond donors (Lipinski definition) is 0. The normalized spacial score (nSPS) is 11.6. The van der Waals surface area contributed by atoms with Crippen molar-refractivity contribution in [2.75, 3.05) is 33.1 Å². The fraction of sp³-hybridized carbons (Fsp3) is 0.241. The monoisotopic (exact) mass is 441 g/mol. The maximum atomic E-state index is 2.37. The zero-order valence-corrected chi connectivity index (χ0v) is 21.6. The van der Waals surface area contributed by atoms with Crippen molar-refractivity contribution in [2.45, 2.75) is 19.6 Å². The van der Waals surface area contributed by atoms with Gasteiger partial charge in [0.2, 0.25) is 0 Å². The van der Waals surface area contributed by atoms with Gasteiger partial charge >= 0.3 is 0 Å². The molecule has 32 heavy (non-hydrogen) atoms. The zero-order chi connectivity index (χ0) is 23.4. The molecule has 0 aliphatic carbocycles. The first-order valence-electron chi connectivity index (χ1n) is 11.3. The lowest BCUT2D eigenvalue weighted by molar-refractivity contribution is 0.559. The minimum atomic E-state index is -1.11. The Labute approximate surface area is 195 Å². The van der Waals surface area contributed by atoms with Gasteiger partial charge in [0, 0.05) is 31.2 Å². The summed E-state index contributed by atoms with van der Waals surface area (Å²) >= 11 is 0. The SMILES string of the molecule is CN(C)c1ccc([Si](C)(C)C)cc1.C[N+](C)(c1ccccc1)c1cccc2ccccc12. The first-order valence-corrected chi connectivity index (χ1v) is 14.8. The van der Waals surface area contributed by atoms with Gasteiger partial charge < -0.3 is 4.90 Å². The van der Waals surface area contributed by atoms with Gasteiger partial charge in [0.25, 0.3) is 0 Å². The molecule has 0 aliphatic rings. The Morgan fingerprint density at radius 1 is 0.625 bits per heavy atom. The summed E-state index contributed by atoms with van der Waals surface area (Å²) in [4.78, 5) is 2.13. The molecule has 0 bridgehead atoms. The van der Waals surface area contributed by atoms with Gasteiger partial charge in [-0.05, 0) is 35.7 Å².